The van der Waals surface area contributed by atoms with Gasteiger partial charge in [-0.2, -0.15) is 11.8 Å². The van der Waals surface area contributed by atoms with Crippen molar-refractivity contribution < 1.29 is 5.21 Å². The van der Waals surface area contributed by atoms with Crippen LogP contribution in [0.3, 0.4) is 0 Å². The number of rotatable bonds is 5. The number of thioether (sulfide) groups is 1. The minimum atomic E-state index is 0.315. The van der Waals surface area contributed by atoms with E-state index in [1.807, 2.05) is 11.8 Å². The van der Waals surface area contributed by atoms with Crippen molar-refractivity contribution >= 4 is 17.6 Å². The largest absolute Gasteiger partial charge is 0.409 e. The van der Waals surface area contributed by atoms with Crippen LogP contribution in [-0.2, 0) is 0 Å². The summed E-state index contributed by atoms with van der Waals surface area (Å²) < 4.78 is 0. The first-order chi connectivity index (χ1) is 6.76. The summed E-state index contributed by atoms with van der Waals surface area (Å²) in [6.07, 6.45) is 2.88. The summed E-state index contributed by atoms with van der Waals surface area (Å²) in [7, 11) is 0. The van der Waals surface area contributed by atoms with E-state index < -0.39 is 0 Å². The minimum absolute atomic E-state index is 0.315. The van der Waals surface area contributed by atoms with Crippen LogP contribution in [0.15, 0.2) is 5.16 Å². The Kier molecular flexibility index (Phi) is 5.11. The van der Waals surface area contributed by atoms with Gasteiger partial charge in [0.15, 0.2) is 0 Å². The van der Waals surface area contributed by atoms with Crippen LogP contribution in [0.25, 0.3) is 0 Å². The Morgan fingerprint density at radius 3 is 3.07 bits per heavy atom. The molecule has 5 heteroatoms. The van der Waals surface area contributed by atoms with E-state index in [-0.39, 0.29) is 0 Å². The molecule has 2 atom stereocenters. The highest BCUT2D eigenvalue weighted by Crippen LogP contribution is 2.18. The zero-order chi connectivity index (χ0) is 10.4. The molecule has 0 aliphatic carbocycles. The van der Waals surface area contributed by atoms with Crippen molar-refractivity contribution in [1.82, 2.24) is 5.32 Å². The fourth-order valence-corrected chi connectivity index (χ4v) is 2.78. The van der Waals surface area contributed by atoms with Crippen molar-refractivity contribution in [2.24, 2.45) is 10.9 Å². The Bertz CT molecular complexity index is 192. The molecule has 1 aliphatic heterocycles. The van der Waals surface area contributed by atoms with Gasteiger partial charge in [0.2, 0.25) is 0 Å². The first-order valence-corrected chi connectivity index (χ1v) is 6.22. The van der Waals surface area contributed by atoms with E-state index in [4.69, 9.17) is 10.9 Å². The molecule has 1 rings (SSSR count). The van der Waals surface area contributed by atoms with Gasteiger partial charge in [-0.15, -0.1) is 0 Å². The summed E-state index contributed by atoms with van der Waals surface area (Å²) in [5.41, 5.74) is 5.48. The molecule has 1 fully saturated rings. The quantitative estimate of drug-likeness (QED) is 0.278. The average Bonchev–Trinajstić information content (AvgIpc) is 2.69. The molecule has 2 unspecified atom stereocenters. The van der Waals surface area contributed by atoms with E-state index >= 15 is 0 Å². The van der Waals surface area contributed by atoms with Gasteiger partial charge in [-0.25, -0.2) is 0 Å². The van der Waals surface area contributed by atoms with Crippen molar-refractivity contribution in [1.29, 1.82) is 0 Å². The Balaban J connectivity index is 2.30. The van der Waals surface area contributed by atoms with Gasteiger partial charge in [0.25, 0.3) is 0 Å². The maximum Gasteiger partial charge on any atom is 0.140 e. The van der Waals surface area contributed by atoms with E-state index in [0.29, 0.717) is 24.3 Å². The van der Waals surface area contributed by atoms with Crippen molar-refractivity contribution in [2.45, 2.75) is 38.3 Å². The highest BCUT2D eigenvalue weighted by Gasteiger charge is 2.19. The van der Waals surface area contributed by atoms with E-state index in [1.54, 1.807) is 0 Å². The molecular formula is C9H19N3OS. The molecule has 4 nitrogen and oxygen atoms in total. The number of nitrogens with one attached hydrogen (secondary N) is 1. The minimum Gasteiger partial charge on any atom is -0.409 e. The number of hydrogen-bond acceptors (Lipinski definition) is 4. The molecule has 82 valence electrons. The van der Waals surface area contributed by atoms with Crippen molar-refractivity contribution in [2.75, 3.05) is 11.5 Å². The Morgan fingerprint density at radius 1 is 1.79 bits per heavy atom. The monoisotopic (exact) mass is 217 g/mol. The molecular weight excluding hydrogens is 198 g/mol. The maximum atomic E-state index is 8.47. The summed E-state index contributed by atoms with van der Waals surface area (Å²) in [5, 5.41) is 15.0. The van der Waals surface area contributed by atoms with Gasteiger partial charge in [0.1, 0.15) is 5.84 Å². The van der Waals surface area contributed by atoms with Crippen LogP contribution in [0.2, 0.25) is 0 Å². The van der Waals surface area contributed by atoms with E-state index in [2.05, 4.69) is 17.4 Å². The second-order valence-electron chi connectivity index (χ2n) is 3.63. The summed E-state index contributed by atoms with van der Waals surface area (Å²) >= 11 is 1.99. The van der Waals surface area contributed by atoms with Crippen LogP contribution >= 0.6 is 11.8 Å². The predicted octanol–water partition coefficient (Wildman–Crippen LogP) is 0.997. The lowest BCUT2D eigenvalue weighted by molar-refractivity contribution is 0.314. The fraction of sp³-hybridized carbons (Fsp3) is 0.889. The number of hydrogen-bond donors (Lipinski definition) is 3. The molecule has 14 heavy (non-hydrogen) atoms. The predicted molar refractivity (Wildman–Crippen MR) is 61.0 cm³/mol. The maximum absolute atomic E-state index is 8.47. The van der Waals surface area contributed by atoms with Crippen molar-refractivity contribution in [3.8, 4) is 0 Å². The topological polar surface area (TPSA) is 70.6 Å². The van der Waals surface area contributed by atoms with Crippen molar-refractivity contribution in [3.05, 3.63) is 0 Å². The molecule has 0 bridgehead atoms. The standard InChI is InChI=1S/C9H19N3OS/c1-2-7(5-9(10)12-13)11-8-3-4-14-6-8/h7-8,11,13H,2-6H2,1H3,(H2,10,12). The highest BCUT2D eigenvalue weighted by atomic mass is 32.2. The fourth-order valence-electron chi connectivity index (χ4n) is 1.61. The van der Waals surface area contributed by atoms with Gasteiger partial charge in [-0.1, -0.05) is 12.1 Å². The van der Waals surface area contributed by atoms with Gasteiger partial charge in [0, 0.05) is 24.3 Å². The second-order valence-corrected chi connectivity index (χ2v) is 4.78. The van der Waals surface area contributed by atoms with Crippen LogP contribution in [0.1, 0.15) is 26.2 Å². The van der Waals surface area contributed by atoms with Crippen LogP contribution in [0.4, 0.5) is 0 Å². The highest BCUT2D eigenvalue weighted by molar-refractivity contribution is 7.99. The van der Waals surface area contributed by atoms with Gasteiger partial charge in [-0.05, 0) is 18.6 Å². The lowest BCUT2D eigenvalue weighted by Gasteiger charge is -2.20. The van der Waals surface area contributed by atoms with Crippen LogP contribution in [-0.4, -0.2) is 34.6 Å². The number of nitrogens with zero attached hydrogens (tertiary/aromatic N) is 1. The lowest BCUT2D eigenvalue weighted by atomic mass is 10.1. The van der Waals surface area contributed by atoms with E-state index in [9.17, 15) is 0 Å². The van der Waals surface area contributed by atoms with Gasteiger partial charge in [-0.3, -0.25) is 0 Å². The number of oxime groups is 1. The van der Waals surface area contributed by atoms with Crippen molar-refractivity contribution in [3.63, 3.8) is 0 Å². The third-order valence-electron chi connectivity index (χ3n) is 2.48. The Hall–Kier alpha value is -0.420. The van der Waals surface area contributed by atoms with E-state index in [0.717, 1.165) is 6.42 Å². The van der Waals surface area contributed by atoms with Gasteiger partial charge < -0.3 is 16.3 Å². The molecule has 0 saturated carbocycles. The Labute approximate surface area is 89.3 Å². The van der Waals surface area contributed by atoms with Crippen LogP contribution < -0.4 is 11.1 Å². The number of nitrogens with two attached hydrogens (primary N) is 1. The molecule has 0 aromatic rings. The summed E-state index contributed by atoms with van der Waals surface area (Å²) in [4.78, 5) is 0. The first kappa shape index (κ1) is 11.7. The van der Waals surface area contributed by atoms with Gasteiger partial charge in [0.05, 0.1) is 0 Å². The normalized spacial score (nSPS) is 25.2. The molecule has 1 heterocycles. The lowest BCUT2D eigenvalue weighted by Crippen LogP contribution is -2.40. The Morgan fingerprint density at radius 2 is 2.57 bits per heavy atom. The molecule has 0 amide bonds. The molecule has 0 aromatic heterocycles. The van der Waals surface area contributed by atoms with Gasteiger partial charge >= 0.3 is 0 Å². The second kappa shape index (κ2) is 6.14. The third kappa shape index (κ3) is 3.75. The van der Waals surface area contributed by atoms with Crippen LogP contribution in [0, 0.1) is 0 Å². The molecule has 1 aliphatic rings. The SMILES string of the molecule is CCC(CC(N)=NO)NC1CCSC1. The molecule has 4 N–H and O–H groups in total. The van der Waals surface area contributed by atoms with E-state index in [1.165, 1.54) is 17.9 Å². The zero-order valence-electron chi connectivity index (χ0n) is 8.57. The zero-order valence-corrected chi connectivity index (χ0v) is 9.39. The third-order valence-corrected chi connectivity index (χ3v) is 3.64. The summed E-state index contributed by atoms with van der Waals surface area (Å²) in [6, 6.07) is 0.950. The summed E-state index contributed by atoms with van der Waals surface area (Å²) in [6.45, 7) is 2.12. The molecule has 0 spiro atoms. The van der Waals surface area contributed by atoms with Crippen LogP contribution in [0.5, 0.6) is 0 Å². The molecule has 1 saturated heterocycles. The molecule has 0 aromatic carbocycles. The molecule has 0 radical (unpaired) electrons. The summed E-state index contributed by atoms with van der Waals surface area (Å²) in [5.74, 6) is 2.75. The smallest absolute Gasteiger partial charge is 0.140 e. The first-order valence-electron chi connectivity index (χ1n) is 5.06. The average molecular weight is 217 g/mol. The number of amidine groups is 1.